The molecule has 0 heterocycles. The molecule has 0 unspecified atom stereocenters. The first-order chi connectivity index (χ1) is 8.13. The SMILES string of the molecule is COC(=O)CC[C@H](N)C(=O)Oc1ccccc1. The van der Waals surface area contributed by atoms with Crippen molar-refractivity contribution in [3.8, 4) is 5.75 Å². The minimum absolute atomic E-state index is 0.0988. The highest BCUT2D eigenvalue weighted by Gasteiger charge is 2.17. The topological polar surface area (TPSA) is 78.6 Å². The molecule has 17 heavy (non-hydrogen) atoms. The first-order valence-corrected chi connectivity index (χ1v) is 5.22. The molecule has 2 N–H and O–H groups in total. The molecule has 0 radical (unpaired) electrons. The first-order valence-electron chi connectivity index (χ1n) is 5.22. The van der Waals surface area contributed by atoms with Crippen LogP contribution in [0.3, 0.4) is 0 Å². The van der Waals surface area contributed by atoms with Crippen LogP contribution in [-0.4, -0.2) is 25.1 Å². The second-order valence-electron chi connectivity index (χ2n) is 3.46. The van der Waals surface area contributed by atoms with Gasteiger partial charge in [-0.2, -0.15) is 0 Å². The normalized spacial score (nSPS) is 11.6. The number of methoxy groups -OCH3 is 1. The largest absolute Gasteiger partial charge is 0.469 e. The van der Waals surface area contributed by atoms with Crippen LogP contribution in [-0.2, 0) is 14.3 Å². The standard InChI is InChI=1S/C12H15NO4/c1-16-11(14)8-7-10(13)12(15)17-9-5-3-2-4-6-9/h2-6,10H,7-8,13H2,1H3/t10-/m0/s1. The van der Waals surface area contributed by atoms with Crippen molar-refractivity contribution in [2.75, 3.05) is 7.11 Å². The first kappa shape index (κ1) is 13.2. The smallest absolute Gasteiger partial charge is 0.328 e. The van der Waals surface area contributed by atoms with Gasteiger partial charge in [0.2, 0.25) is 0 Å². The maximum atomic E-state index is 11.5. The number of carbonyl (C=O) groups excluding carboxylic acids is 2. The Bertz CT molecular complexity index is 377. The van der Waals surface area contributed by atoms with E-state index in [0.717, 1.165) is 0 Å². The van der Waals surface area contributed by atoms with E-state index in [9.17, 15) is 9.59 Å². The number of rotatable bonds is 5. The summed E-state index contributed by atoms with van der Waals surface area (Å²) >= 11 is 0. The zero-order chi connectivity index (χ0) is 12.7. The average Bonchev–Trinajstić information content (AvgIpc) is 2.36. The molecule has 0 spiro atoms. The quantitative estimate of drug-likeness (QED) is 0.607. The Morgan fingerprint density at radius 1 is 1.29 bits per heavy atom. The van der Waals surface area contributed by atoms with Crippen LogP contribution in [0.2, 0.25) is 0 Å². The fraction of sp³-hybridized carbons (Fsp3) is 0.333. The Morgan fingerprint density at radius 3 is 2.53 bits per heavy atom. The monoisotopic (exact) mass is 237 g/mol. The van der Waals surface area contributed by atoms with Crippen molar-refractivity contribution in [2.24, 2.45) is 5.73 Å². The van der Waals surface area contributed by atoms with Crippen molar-refractivity contribution >= 4 is 11.9 Å². The van der Waals surface area contributed by atoms with Crippen LogP contribution in [0.5, 0.6) is 5.75 Å². The van der Waals surface area contributed by atoms with Crippen molar-refractivity contribution in [3.05, 3.63) is 30.3 Å². The van der Waals surface area contributed by atoms with E-state index in [1.807, 2.05) is 6.07 Å². The van der Waals surface area contributed by atoms with Gasteiger partial charge in [-0.05, 0) is 18.6 Å². The predicted molar refractivity (Wildman–Crippen MR) is 61.3 cm³/mol. The van der Waals surface area contributed by atoms with Gasteiger partial charge in [-0.15, -0.1) is 0 Å². The zero-order valence-corrected chi connectivity index (χ0v) is 9.59. The minimum atomic E-state index is -0.825. The number of para-hydroxylation sites is 1. The molecule has 1 aromatic carbocycles. The lowest BCUT2D eigenvalue weighted by molar-refractivity contribution is -0.141. The van der Waals surface area contributed by atoms with Gasteiger partial charge in [-0.25, -0.2) is 4.79 Å². The molecule has 0 aliphatic carbocycles. The summed E-state index contributed by atoms with van der Waals surface area (Å²) < 4.78 is 9.48. The van der Waals surface area contributed by atoms with Gasteiger partial charge in [0.25, 0.3) is 0 Å². The number of benzene rings is 1. The number of hydrogen-bond acceptors (Lipinski definition) is 5. The van der Waals surface area contributed by atoms with Crippen molar-refractivity contribution in [1.29, 1.82) is 0 Å². The van der Waals surface area contributed by atoms with Crippen molar-refractivity contribution in [2.45, 2.75) is 18.9 Å². The van der Waals surface area contributed by atoms with Crippen LogP contribution in [0, 0.1) is 0 Å². The third kappa shape index (κ3) is 4.65. The summed E-state index contributed by atoms with van der Waals surface area (Å²) in [5.74, 6) is -0.515. The molecule has 92 valence electrons. The van der Waals surface area contributed by atoms with Gasteiger partial charge in [0, 0.05) is 6.42 Å². The zero-order valence-electron chi connectivity index (χ0n) is 9.59. The Balaban J connectivity index is 2.40. The molecule has 0 saturated carbocycles. The summed E-state index contributed by atoms with van der Waals surface area (Å²) in [7, 11) is 1.29. The van der Waals surface area contributed by atoms with Gasteiger partial charge in [-0.1, -0.05) is 18.2 Å². The molecule has 0 bridgehead atoms. The molecule has 5 heteroatoms. The summed E-state index contributed by atoms with van der Waals surface area (Å²) in [5, 5.41) is 0. The number of nitrogens with two attached hydrogens (primary N) is 1. The summed E-state index contributed by atoms with van der Waals surface area (Å²) in [4.78, 5) is 22.4. The highest BCUT2D eigenvalue weighted by atomic mass is 16.5. The summed E-state index contributed by atoms with van der Waals surface area (Å²) in [6, 6.07) is 7.81. The van der Waals surface area contributed by atoms with Crippen molar-refractivity contribution < 1.29 is 19.1 Å². The molecule has 0 aliphatic heterocycles. The van der Waals surface area contributed by atoms with Gasteiger partial charge in [-0.3, -0.25) is 4.79 Å². The lowest BCUT2D eigenvalue weighted by atomic mass is 10.2. The van der Waals surface area contributed by atoms with Gasteiger partial charge in [0.15, 0.2) is 0 Å². The van der Waals surface area contributed by atoms with E-state index in [-0.39, 0.29) is 12.8 Å². The Labute approximate surface area is 99.5 Å². The maximum absolute atomic E-state index is 11.5. The van der Waals surface area contributed by atoms with Gasteiger partial charge >= 0.3 is 11.9 Å². The van der Waals surface area contributed by atoms with E-state index in [1.54, 1.807) is 24.3 Å². The van der Waals surface area contributed by atoms with E-state index >= 15 is 0 Å². The second kappa shape index (κ2) is 6.65. The molecule has 0 amide bonds. The molecule has 0 aliphatic rings. The van der Waals surface area contributed by atoms with Crippen molar-refractivity contribution in [1.82, 2.24) is 0 Å². The molecular formula is C12H15NO4. The molecule has 1 atom stereocenters. The van der Waals surface area contributed by atoms with E-state index in [0.29, 0.717) is 5.75 Å². The van der Waals surface area contributed by atoms with Crippen LogP contribution in [0.1, 0.15) is 12.8 Å². The average molecular weight is 237 g/mol. The Morgan fingerprint density at radius 2 is 1.94 bits per heavy atom. The molecule has 0 fully saturated rings. The van der Waals surface area contributed by atoms with Crippen molar-refractivity contribution in [3.63, 3.8) is 0 Å². The molecule has 5 nitrogen and oxygen atoms in total. The highest BCUT2D eigenvalue weighted by Crippen LogP contribution is 2.10. The van der Waals surface area contributed by atoms with E-state index in [4.69, 9.17) is 10.5 Å². The second-order valence-corrected chi connectivity index (χ2v) is 3.46. The van der Waals surface area contributed by atoms with Crippen LogP contribution < -0.4 is 10.5 Å². The lowest BCUT2D eigenvalue weighted by Gasteiger charge is -2.10. The fourth-order valence-corrected chi connectivity index (χ4v) is 1.17. The highest BCUT2D eigenvalue weighted by molar-refractivity contribution is 5.79. The predicted octanol–water partition coefficient (Wildman–Crippen LogP) is 0.872. The Hall–Kier alpha value is -1.88. The third-order valence-corrected chi connectivity index (χ3v) is 2.15. The number of ether oxygens (including phenoxy) is 2. The minimum Gasteiger partial charge on any atom is -0.469 e. The van der Waals surface area contributed by atoms with Gasteiger partial charge in [0.05, 0.1) is 7.11 Å². The fourth-order valence-electron chi connectivity index (χ4n) is 1.17. The molecule has 0 aromatic heterocycles. The summed E-state index contributed by atoms with van der Waals surface area (Å²) in [6.07, 6.45) is 0.305. The maximum Gasteiger partial charge on any atom is 0.328 e. The Kier molecular flexibility index (Phi) is 5.16. The number of esters is 2. The summed E-state index contributed by atoms with van der Waals surface area (Å²) in [6.45, 7) is 0. The summed E-state index contributed by atoms with van der Waals surface area (Å²) in [5.41, 5.74) is 5.59. The van der Waals surface area contributed by atoms with E-state index in [2.05, 4.69) is 4.74 Å². The third-order valence-electron chi connectivity index (χ3n) is 2.15. The molecule has 1 rings (SSSR count). The molecular weight excluding hydrogens is 222 g/mol. The lowest BCUT2D eigenvalue weighted by Crippen LogP contribution is -2.34. The number of hydrogen-bond donors (Lipinski definition) is 1. The van der Waals surface area contributed by atoms with Crippen LogP contribution in [0.15, 0.2) is 30.3 Å². The molecule has 1 aromatic rings. The van der Waals surface area contributed by atoms with E-state index < -0.39 is 18.0 Å². The van der Waals surface area contributed by atoms with Crippen LogP contribution in [0.25, 0.3) is 0 Å². The van der Waals surface area contributed by atoms with Gasteiger partial charge < -0.3 is 15.2 Å². The van der Waals surface area contributed by atoms with Crippen LogP contribution >= 0.6 is 0 Å². The number of carbonyl (C=O) groups is 2. The van der Waals surface area contributed by atoms with Crippen LogP contribution in [0.4, 0.5) is 0 Å². The van der Waals surface area contributed by atoms with Gasteiger partial charge in [0.1, 0.15) is 11.8 Å². The molecule has 0 saturated heterocycles. The van der Waals surface area contributed by atoms with E-state index in [1.165, 1.54) is 7.11 Å².